The number of halogens is 6. The molecule has 0 saturated carbocycles. The molecule has 0 fully saturated rings. The number of benzene rings is 4. The molecule has 5 rings (SSSR count). The van der Waals surface area contributed by atoms with Gasteiger partial charge >= 0.3 is 0 Å². The molecule has 1 aliphatic heterocycles. The van der Waals surface area contributed by atoms with E-state index in [0.717, 1.165) is 35.3 Å². The number of hydrogen-bond acceptors (Lipinski definition) is 2. The maximum Gasteiger partial charge on any atom is 0.235 e. The first-order valence-electron chi connectivity index (χ1n) is 12.6. The molecule has 0 aliphatic carbocycles. The zero-order valence-corrected chi connectivity index (χ0v) is 25.7. The molecule has 9 heteroatoms. The molecule has 40 heavy (non-hydrogen) atoms. The van der Waals surface area contributed by atoms with Gasteiger partial charge < -0.3 is 4.74 Å². The lowest BCUT2D eigenvalue weighted by Crippen LogP contribution is -2.27. The molecule has 0 N–H and O–H groups in total. The van der Waals surface area contributed by atoms with E-state index < -0.39 is 0 Å². The van der Waals surface area contributed by atoms with Crippen molar-refractivity contribution in [2.75, 3.05) is 19.6 Å². The first-order valence-corrected chi connectivity index (χ1v) is 14.9. The average Bonchev–Trinajstić information content (AvgIpc) is 3.38. The Morgan fingerprint density at radius 2 is 1.27 bits per heavy atom. The minimum absolute atomic E-state index is 0.154. The molecular formula is C31H25Cl6N2O+. The van der Waals surface area contributed by atoms with Crippen molar-refractivity contribution in [3.63, 3.8) is 0 Å². The number of rotatable bonds is 9. The molecule has 0 radical (unpaired) electrons. The summed E-state index contributed by atoms with van der Waals surface area (Å²) in [4.78, 5) is 2.26. The van der Waals surface area contributed by atoms with Gasteiger partial charge in [0.05, 0.1) is 6.61 Å². The zero-order chi connectivity index (χ0) is 28.2. The average molecular weight is 654 g/mol. The third-order valence-corrected chi connectivity index (χ3v) is 8.69. The van der Waals surface area contributed by atoms with Gasteiger partial charge in [-0.15, -0.1) is 0 Å². The summed E-state index contributed by atoms with van der Waals surface area (Å²) in [5.74, 6) is 0. The summed E-state index contributed by atoms with van der Waals surface area (Å²) >= 11 is 38.7. The molecule has 1 aliphatic rings. The summed E-state index contributed by atoms with van der Waals surface area (Å²) in [6, 6.07) is 26.4. The van der Waals surface area contributed by atoms with Crippen LogP contribution in [0.4, 0.5) is 0 Å². The summed E-state index contributed by atoms with van der Waals surface area (Å²) in [6.07, 6.45) is 1.76. The van der Waals surface area contributed by atoms with Crippen molar-refractivity contribution in [2.45, 2.75) is 18.8 Å². The van der Waals surface area contributed by atoms with E-state index in [1.807, 2.05) is 66.7 Å². The van der Waals surface area contributed by atoms with Crippen LogP contribution in [-0.2, 0) is 11.3 Å². The van der Waals surface area contributed by atoms with Crippen LogP contribution in [0.25, 0.3) is 0 Å². The Balaban J connectivity index is 1.45. The minimum Gasteiger partial charge on any atom is -0.365 e. The largest absolute Gasteiger partial charge is 0.365 e. The van der Waals surface area contributed by atoms with Crippen molar-refractivity contribution in [3.05, 3.63) is 137 Å². The van der Waals surface area contributed by atoms with E-state index in [2.05, 4.69) is 15.8 Å². The van der Waals surface area contributed by atoms with Crippen LogP contribution < -0.4 is 0 Å². The Kier molecular flexibility index (Phi) is 9.86. The molecule has 0 bridgehead atoms. The highest BCUT2D eigenvalue weighted by atomic mass is 35.5. The molecule has 0 aromatic heterocycles. The summed E-state index contributed by atoms with van der Waals surface area (Å²) in [5, 5.41) is 3.61. The number of hydrogen-bond donors (Lipinski definition) is 0. The smallest absolute Gasteiger partial charge is 0.235 e. The van der Waals surface area contributed by atoms with Gasteiger partial charge in [-0.25, -0.2) is 0 Å². The van der Waals surface area contributed by atoms with Crippen LogP contribution in [0.5, 0.6) is 0 Å². The van der Waals surface area contributed by atoms with Gasteiger partial charge in [-0.05, 0) is 42.0 Å². The standard InChI is InChI=1S/C31H25Cl6N2O/c32-21-10-9-20(28(36)15-21)18-40-30(23-12-11-22(33)16-29(23)37)17-38-13-14-39(19-38)31(24-5-1-3-7-26(24)34)25-6-2-4-8-27(25)35/h1-12,15-16,19,30-31H,13-14,17-18H2/q+1. The Labute approximate surface area is 264 Å². The Morgan fingerprint density at radius 3 is 1.88 bits per heavy atom. The second-order valence-electron chi connectivity index (χ2n) is 9.50. The lowest BCUT2D eigenvalue weighted by atomic mass is 9.97. The van der Waals surface area contributed by atoms with Crippen molar-refractivity contribution >= 4 is 75.9 Å². The molecule has 206 valence electrons. The molecule has 4 aromatic carbocycles. The number of ether oxygens (including phenoxy) is 1. The van der Waals surface area contributed by atoms with Gasteiger partial charge in [-0.3, -0.25) is 9.48 Å². The number of nitrogens with zero attached hydrogens (tertiary/aromatic N) is 2. The maximum absolute atomic E-state index is 6.69. The monoisotopic (exact) mass is 651 g/mol. The second kappa shape index (κ2) is 13.4. The normalized spacial score (nSPS) is 14.1. The molecule has 0 amide bonds. The lowest BCUT2D eigenvalue weighted by molar-refractivity contribution is -0.525. The third-order valence-electron chi connectivity index (χ3n) is 6.85. The van der Waals surface area contributed by atoms with Crippen molar-refractivity contribution < 1.29 is 9.31 Å². The molecule has 0 saturated heterocycles. The van der Waals surface area contributed by atoms with Gasteiger partial charge in [-0.2, -0.15) is 0 Å². The van der Waals surface area contributed by atoms with Crippen LogP contribution in [0.15, 0.2) is 84.9 Å². The van der Waals surface area contributed by atoms with E-state index >= 15 is 0 Å². The van der Waals surface area contributed by atoms with Gasteiger partial charge in [0.2, 0.25) is 6.34 Å². The Morgan fingerprint density at radius 1 is 0.675 bits per heavy atom. The summed E-state index contributed by atoms with van der Waals surface area (Å²) in [5.41, 5.74) is 3.66. The van der Waals surface area contributed by atoms with Gasteiger partial charge in [0.15, 0.2) is 0 Å². The summed E-state index contributed by atoms with van der Waals surface area (Å²) in [7, 11) is 0. The van der Waals surface area contributed by atoms with E-state index in [-0.39, 0.29) is 12.1 Å². The van der Waals surface area contributed by atoms with Gasteiger partial charge in [0.25, 0.3) is 0 Å². The van der Waals surface area contributed by atoms with Gasteiger partial charge in [0, 0.05) is 46.8 Å². The zero-order valence-electron chi connectivity index (χ0n) is 21.2. The highest BCUT2D eigenvalue weighted by Crippen LogP contribution is 2.37. The highest BCUT2D eigenvalue weighted by molar-refractivity contribution is 6.35. The van der Waals surface area contributed by atoms with Gasteiger partial charge in [-0.1, -0.05) is 118 Å². The van der Waals surface area contributed by atoms with Crippen LogP contribution in [0.2, 0.25) is 30.1 Å². The topological polar surface area (TPSA) is 15.5 Å². The Bertz CT molecular complexity index is 1500. The quantitative estimate of drug-likeness (QED) is 0.167. The fraction of sp³-hybridized carbons (Fsp3) is 0.194. The van der Waals surface area contributed by atoms with Crippen molar-refractivity contribution in [2.24, 2.45) is 0 Å². The third kappa shape index (κ3) is 6.91. The van der Waals surface area contributed by atoms with Crippen LogP contribution in [0.1, 0.15) is 34.4 Å². The SMILES string of the molecule is Clc1ccc(COC(C[N+]2=CN(C(c3ccccc3Cl)c3ccccc3Cl)CC2)c2ccc(Cl)cc2Cl)c(Cl)c1. The minimum atomic E-state index is -0.355. The van der Waals surface area contributed by atoms with Crippen molar-refractivity contribution in [1.82, 2.24) is 4.90 Å². The van der Waals surface area contributed by atoms with E-state index in [1.54, 1.807) is 18.2 Å². The molecule has 3 nitrogen and oxygen atoms in total. The van der Waals surface area contributed by atoms with Crippen molar-refractivity contribution in [3.8, 4) is 0 Å². The Hall–Kier alpha value is -1.95. The van der Waals surface area contributed by atoms with Crippen molar-refractivity contribution in [1.29, 1.82) is 0 Å². The molecule has 0 spiro atoms. The predicted octanol–water partition coefficient (Wildman–Crippen LogP) is 10.0. The van der Waals surface area contributed by atoms with E-state index in [9.17, 15) is 0 Å². The van der Waals surface area contributed by atoms with E-state index in [1.165, 1.54) is 0 Å². The molecule has 1 heterocycles. The van der Waals surface area contributed by atoms with Crippen LogP contribution in [0, 0.1) is 0 Å². The maximum atomic E-state index is 6.69. The van der Waals surface area contributed by atoms with E-state index in [0.29, 0.717) is 43.3 Å². The fourth-order valence-electron chi connectivity index (χ4n) is 4.87. The van der Waals surface area contributed by atoms with Crippen LogP contribution in [-0.4, -0.2) is 35.4 Å². The fourth-order valence-corrected chi connectivity index (χ4v) is 6.34. The summed E-state index contributed by atoms with van der Waals surface area (Å²) < 4.78 is 8.67. The van der Waals surface area contributed by atoms with Crippen LogP contribution in [0.3, 0.4) is 0 Å². The molecule has 1 unspecified atom stereocenters. The van der Waals surface area contributed by atoms with E-state index in [4.69, 9.17) is 74.3 Å². The molecule has 1 atom stereocenters. The second-order valence-corrected chi connectivity index (χ2v) is 12.0. The first kappa shape index (κ1) is 29.5. The summed E-state index contributed by atoms with van der Waals surface area (Å²) in [6.45, 7) is 2.39. The first-order chi connectivity index (χ1) is 19.3. The molecular weight excluding hydrogens is 629 g/mol. The van der Waals surface area contributed by atoms with Gasteiger partial charge in [0.1, 0.15) is 31.8 Å². The highest BCUT2D eigenvalue weighted by Gasteiger charge is 2.34. The lowest BCUT2D eigenvalue weighted by Gasteiger charge is -2.23. The molecule has 4 aromatic rings. The van der Waals surface area contributed by atoms with Crippen LogP contribution >= 0.6 is 69.6 Å². The predicted molar refractivity (Wildman–Crippen MR) is 168 cm³/mol.